The smallest absolute Gasteiger partial charge is 0.189 e. The Hall–Kier alpha value is -0.460. The topological polar surface area (TPSA) is 21.8 Å². The van der Waals surface area contributed by atoms with Gasteiger partial charge in [-0.25, -0.2) is 5.01 Å². The van der Waals surface area contributed by atoms with Gasteiger partial charge in [-0.3, -0.25) is 5.01 Å². The maximum Gasteiger partial charge on any atom is 0.189 e. The van der Waals surface area contributed by atoms with Gasteiger partial charge in [0.2, 0.25) is 0 Å². The van der Waals surface area contributed by atoms with Crippen LogP contribution < -0.4 is 5.32 Å². The van der Waals surface area contributed by atoms with E-state index in [0.29, 0.717) is 10.2 Å². The van der Waals surface area contributed by atoms with Gasteiger partial charge in [-0.05, 0) is 37.3 Å². The zero-order chi connectivity index (χ0) is 12.8. The van der Waals surface area contributed by atoms with Crippen molar-refractivity contribution in [2.75, 3.05) is 34.2 Å². The predicted octanol–water partition coefficient (Wildman–Crippen LogP) is 1.43. The van der Waals surface area contributed by atoms with E-state index < -0.39 is 0 Å². The molecule has 0 saturated carbocycles. The first kappa shape index (κ1) is 14.6. The molecule has 1 heterocycles. The Kier molecular flexibility index (Phi) is 6.08. The van der Waals surface area contributed by atoms with Crippen molar-refractivity contribution in [2.45, 2.75) is 25.7 Å². The second-order valence-corrected chi connectivity index (χ2v) is 5.29. The highest BCUT2D eigenvalue weighted by atomic mass is 32.1. The van der Waals surface area contributed by atoms with Crippen molar-refractivity contribution in [3.05, 3.63) is 0 Å². The number of thiocarbonyl (C=S) groups is 2. The van der Waals surface area contributed by atoms with Gasteiger partial charge < -0.3 is 10.2 Å². The van der Waals surface area contributed by atoms with Crippen molar-refractivity contribution in [2.24, 2.45) is 0 Å². The monoisotopic (exact) mass is 274 g/mol. The summed E-state index contributed by atoms with van der Waals surface area (Å²) < 4.78 is 0. The lowest BCUT2D eigenvalue weighted by Crippen LogP contribution is -2.51. The summed E-state index contributed by atoms with van der Waals surface area (Å²) in [5, 5.41) is 8.69. The highest BCUT2D eigenvalue weighted by Crippen LogP contribution is 2.11. The fourth-order valence-electron chi connectivity index (χ4n) is 1.77. The Morgan fingerprint density at radius 1 is 0.941 bits per heavy atom. The summed E-state index contributed by atoms with van der Waals surface area (Å²) in [5.41, 5.74) is 0. The molecule has 4 nitrogen and oxygen atoms in total. The number of hydrogen-bond acceptors (Lipinski definition) is 3. The van der Waals surface area contributed by atoms with Crippen molar-refractivity contribution < 1.29 is 0 Å². The van der Waals surface area contributed by atoms with E-state index in [4.69, 9.17) is 24.4 Å². The second kappa shape index (κ2) is 7.08. The summed E-state index contributed by atoms with van der Waals surface area (Å²) in [7, 11) is 5.81. The van der Waals surface area contributed by atoms with Gasteiger partial charge in [0.25, 0.3) is 0 Å². The van der Waals surface area contributed by atoms with Gasteiger partial charge in [0.05, 0.1) is 0 Å². The molecule has 0 aromatic rings. The van der Waals surface area contributed by atoms with E-state index in [0.717, 1.165) is 13.1 Å². The molecule has 1 rings (SSSR count). The van der Waals surface area contributed by atoms with Crippen LogP contribution in [0, 0.1) is 0 Å². The van der Waals surface area contributed by atoms with Crippen molar-refractivity contribution in [3.8, 4) is 0 Å². The molecule has 0 amide bonds. The molecule has 0 unspecified atom stereocenters. The van der Waals surface area contributed by atoms with E-state index >= 15 is 0 Å². The van der Waals surface area contributed by atoms with Crippen LogP contribution in [-0.2, 0) is 0 Å². The van der Waals surface area contributed by atoms with Crippen LogP contribution in [-0.4, -0.2) is 59.4 Å². The quantitative estimate of drug-likeness (QED) is 0.725. The molecule has 1 aliphatic heterocycles. The Morgan fingerprint density at radius 3 is 1.94 bits per heavy atom. The van der Waals surface area contributed by atoms with E-state index in [2.05, 4.69) is 10.3 Å². The molecule has 1 N–H and O–H groups in total. The van der Waals surface area contributed by atoms with E-state index in [9.17, 15) is 0 Å². The Labute approximate surface area is 115 Å². The molecule has 1 aliphatic rings. The molecule has 0 atom stereocenters. The third kappa shape index (κ3) is 4.73. The lowest BCUT2D eigenvalue weighted by Gasteiger charge is -2.33. The molecule has 0 aromatic heterocycles. The fourth-order valence-corrected chi connectivity index (χ4v) is 2.14. The minimum absolute atomic E-state index is 0.650. The van der Waals surface area contributed by atoms with Crippen LogP contribution in [0.3, 0.4) is 0 Å². The summed E-state index contributed by atoms with van der Waals surface area (Å²) in [6, 6.07) is 0. The van der Waals surface area contributed by atoms with Crippen LogP contribution in [0.1, 0.15) is 25.7 Å². The lowest BCUT2D eigenvalue weighted by atomic mass is 10.2. The first-order valence-corrected chi connectivity index (χ1v) is 6.85. The van der Waals surface area contributed by atoms with Crippen LogP contribution >= 0.6 is 24.4 Å². The maximum atomic E-state index is 5.36. The van der Waals surface area contributed by atoms with E-state index in [1.165, 1.54) is 25.7 Å². The normalized spacial score (nSPS) is 17.1. The molecule has 1 saturated heterocycles. The van der Waals surface area contributed by atoms with E-state index in [1.54, 1.807) is 0 Å². The predicted molar refractivity (Wildman–Crippen MR) is 79.8 cm³/mol. The third-order valence-electron chi connectivity index (χ3n) is 2.92. The van der Waals surface area contributed by atoms with Gasteiger partial charge >= 0.3 is 0 Å². The number of hydrazine groups is 1. The molecule has 98 valence electrons. The molecular formula is C11H22N4S2. The SMILES string of the molecule is CN(C)C(=S)NC(=S)N(C)N1CCCCCC1. The van der Waals surface area contributed by atoms with Crippen LogP contribution in [0.15, 0.2) is 0 Å². The van der Waals surface area contributed by atoms with Crippen molar-refractivity contribution >= 4 is 34.7 Å². The third-order valence-corrected chi connectivity index (χ3v) is 3.75. The number of nitrogens with zero attached hydrogens (tertiary/aromatic N) is 3. The minimum atomic E-state index is 0.650. The molecule has 0 spiro atoms. The highest BCUT2D eigenvalue weighted by molar-refractivity contribution is 7.81. The number of rotatable bonds is 1. The summed E-state index contributed by atoms with van der Waals surface area (Å²) >= 11 is 10.5. The van der Waals surface area contributed by atoms with Crippen LogP contribution in [0.2, 0.25) is 0 Å². The largest absolute Gasteiger partial charge is 0.355 e. The van der Waals surface area contributed by atoms with Crippen molar-refractivity contribution in [1.29, 1.82) is 0 Å². The van der Waals surface area contributed by atoms with E-state index in [1.807, 2.05) is 31.1 Å². The second-order valence-electron chi connectivity index (χ2n) is 4.52. The minimum Gasteiger partial charge on any atom is -0.355 e. The molecule has 1 fully saturated rings. The lowest BCUT2D eigenvalue weighted by molar-refractivity contribution is 0.0745. The zero-order valence-electron chi connectivity index (χ0n) is 10.9. The molecule has 0 aliphatic carbocycles. The molecule has 0 aromatic carbocycles. The van der Waals surface area contributed by atoms with Gasteiger partial charge in [-0.15, -0.1) is 0 Å². The maximum absolute atomic E-state index is 5.36. The molecule has 6 heteroatoms. The summed E-state index contributed by atoms with van der Waals surface area (Å²) in [5.74, 6) is 0. The molecule has 0 bridgehead atoms. The van der Waals surface area contributed by atoms with Gasteiger partial charge in [0.1, 0.15) is 0 Å². The zero-order valence-corrected chi connectivity index (χ0v) is 12.5. The average Bonchev–Trinajstić information content (AvgIpc) is 2.56. The Balaban J connectivity index is 2.47. The molecule has 17 heavy (non-hydrogen) atoms. The fraction of sp³-hybridized carbons (Fsp3) is 0.818. The van der Waals surface area contributed by atoms with Gasteiger partial charge in [-0.1, -0.05) is 12.8 Å². The molecule has 0 radical (unpaired) electrons. The first-order valence-electron chi connectivity index (χ1n) is 6.03. The van der Waals surface area contributed by atoms with Gasteiger partial charge in [0, 0.05) is 34.2 Å². The summed E-state index contributed by atoms with van der Waals surface area (Å²) in [4.78, 5) is 1.85. The van der Waals surface area contributed by atoms with Crippen molar-refractivity contribution in [3.63, 3.8) is 0 Å². The number of nitrogens with one attached hydrogen (secondary N) is 1. The highest BCUT2D eigenvalue weighted by Gasteiger charge is 2.16. The summed E-state index contributed by atoms with van der Waals surface area (Å²) in [6.45, 7) is 2.15. The van der Waals surface area contributed by atoms with Crippen LogP contribution in [0.25, 0.3) is 0 Å². The summed E-state index contributed by atoms with van der Waals surface area (Å²) in [6.07, 6.45) is 5.12. The van der Waals surface area contributed by atoms with Crippen LogP contribution in [0.4, 0.5) is 0 Å². The van der Waals surface area contributed by atoms with Crippen LogP contribution in [0.5, 0.6) is 0 Å². The number of hydrogen-bond donors (Lipinski definition) is 1. The van der Waals surface area contributed by atoms with Gasteiger partial charge in [-0.2, -0.15) is 0 Å². The van der Waals surface area contributed by atoms with Crippen molar-refractivity contribution in [1.82, 2.24) is 20.2 Å². The Bertz CT molecular complexity index is 273. The van der Waals surface area contributed by atoms with E-state index in [-0.39, 0.29) is 0 Å². The standard InChI is InChI=1S/C11H22N4S2/c1-13(2)10(16)12-11(17)14(3)15-8-6-4-5-7-9-15/h4-9H2,1-3H3,(H,12,16,17). The Morgan fingerprint density at radius 2 is 1.47 bits per heavy atom. The average molecular weight is 274 g/mol. The molecular weight excluding hydrogens is 252 g/mol. The first-order chi connectivity index (χ1) is 8.02. The van der Waals surface area contributed by atoms with Gasteiger partial charge in [0.15, 0.2) is 10.2 Å².